The molecule has 2 aromatic carbocycles. The van der Waals surface area contributed by atoms with Crippen LogP contribution in [-0.4, -0.2) is 12.5 Å². The van der Waals surface area contributed by atoms with Crippen LogP contribution in [0.4, 0.5) is 5.69 Å². The van der Waals surface area contributed by atoms with Crippen LogP contribution in [0.25, 0.3) is 0 Å². The van der Waals surface area contributed by atoms with E-state index in [2.05, 4.69) is 40.8 Å². The second-order valence-corrected chi connectivity index (χ2v) is 6.09. The van der Waals surface area contributed by atoms with Crippen LogP contribution in [0.15, 0.2) is 42.5 Å². The van der Waals surface area contributed by atoms with E-state index in [1.807, 2.05) is 49.9 Å². The lowest BCUT2D eigenvalue weighted by molar-refractivity contribution is 0.0988. The molecule has 0 radical (unpaired) electrons. The third-order valence-electron chi connectivity index (χ3n) is 3.31. The Bertz CT molecular complexity index is 619. The van der Waals surface area contributed by atoms with Crippen molar-refractivity contribution in [2.75, 3.05) is 11.4 Å². The number of aryl methyl sites for hydroxylation is 2. The van der Waals surface area contributed by atoms with Crippen LogP contribution < -0.4 is 4.90 Å². The molecule has 1 amide bonds. The van der Waals surface area contributed by atoms with E-state index in [4.69, 9.17) is 0 Å². The minimum absolute atomic E-state index is 0.0533. The van der Waals surface area contributed by atoms with Gasteiger partial charge in [-0.1, -0.05) is 12.1 Å². The van der Waals surface area contributed by atoms with Crippen molar-refractivity contribution in [3.63, 3.8) is 0 Å². The monoisotopic (exact) mass is 379 g/mol. The van der Waals surface area contributed by atoms with Gasteiger partial charge in [0.2, 0.25) is 0 Å². The molecule has 0 aromatic heterocycles. The summed E-state index contributed by atoms with van der Waals surface area (Å²) in [6.07, 6.45) is 0. The van der Waals surface area contributed by atoms with Crippen LogP contribution in [0, 0.1) is 17.4 Å². The van der Waals surface area contributed by atoms with E-state index in [0.717, 1.165) is 20.4 Å². The first-order chi connectivity index (χ1) is 9.52. The Kier molecular flexibility index (Phi) is 4.81. The third kappa shape index (κ3) is 3.20. The van der Waals surface area contributed by atoms with Crippen molar-refractivity contribution in [1.82, 2.24) is 0 Å². The Hall–Kier alpha value is -1.36. The highest BCUT2D eigenvalue weighted by Gasteiger charge is 2.17. The zero-order valence-electron chi connectivity index (χ0n) is 12.0. The van der Waals surface area contributed by atoms with E-state index in [1.54, 1.807) is 0 Å². The first kappa shape index (κ1) is 15.0. The SMILES string of the molecule is CCN(C(=O)c1ccc(I)cc1)c1cc(C)ccc1C. The van der Waals surface area contributed by atoms with Gasteiger partial charge in [-0.25, -0.2) is 0 Å². The molecular formula is C17H18INO. The molecule has 0 spiro atoms. The number of halogens is 1. The molecule has 0 bridgehead atoms. The second-order valence-electron chi connectivity index (χ2n) is 4.85. The second kappa shape index (κ2) is 6.39. The van der Waals surface area contributed by atoms with Gasteiger partial charge in [-0.2, -0.15) is 0 Å². The van der Waals surface area contributed by atoms with Gasteiger partial charge in [0.15, 0.2) is 0 Å². The zero-order chi connectivity index (χ0) is 14.7. The molecule has 0 fully saturated rings. The van der Waals surface area contributed by atoms with E-state index < -0.39 is 0 Å². The number of anilines is 1. The minimum Gasteiger partial charge on any atom is -0.308 e. The lowest BCUT2D eigenvalue weighted by Crippen LogP contribution is -2.31. The molecule has 3 heteroatoms. The Balaban J connectivity index is 2.39. The highest BCUT2D eigenvalue weighted by atomic mass is 127. The summed E-state index contributed by atoms with van der Waals surface area (Å²) < 4.78 is 1.13. The molecule has 0 saturated carbocycles. The van der Waals surface area contributed by atoms with E-state index >= 15 is 0 Å². The largest absolute Gasteiger partial charge is 0.308 e. The summed E-state index contributed by atoms with van der Waals surface area (Å²) in [6.45, 7) is 6.76. The maximum Gasteiger partial charge on any atom is 0.258 e. The molecule has 0 N–H and O–H groups in total. The van der Waals surface area contributed by atoms with E-state index in [0.29, 0.717) is 6.54 Å². The van der Waals surface area contributed by atoms with Crippen LogP contribution in [-0.2, 0) is 0 Å². The summed E-state index contributed by atoms with van der Waals surface area (Å²) in [7, 11) is 0. The summed E-state index contributed by atoms with van der Waals surface area (Å²) in [5.74, 6) is 0.0533. The maximum atomic E-state index is 12.7. The fraction of sp³-hybridized carbons (Fsp3) is 0.235. The number of benzene rings is 2. The Morgan fingerprint density at radius 2 is 1.75 bits per heavy atom. The molecule has 2 rings (SSSR count). The van der Waals surface area contributed by atoms with Crippen LogP contribution in [0.3, 0.4) is 0 Å². The summed E-state index contributed by atoms with van der Waals surface area (Å²) in [4.78, 5) is 14.5. The Morgan fingerprint density at radius 1 is 1.10 bits per heavy atom. The standard InChI is InChI=1S/C17H18INO/c1-4-19(16-11-12(2)5-6-13(16)3)17(20)14-7-9-15(18)10-8-14/h5-11H,4H2,1-3H3. The molecule has 0 aliphatic carbocycles. The number of nitrogens with zero attached hydrogens (tertiary/aromatic N) is 1. The molecule has 2 aromatic rings. The third-order valence-corrected chi connectivity index (χ3v) is 4.03. The van der Waals surface area contributed by atoms with Crippen LogP contribution in [0.2, 0.25) is 0 Å². The molecule has 0 saturated heterocycles. The molecule has 0 aliphatic heterocycles. The molecule has 0 unspecified atom stereocenters. The number of hydrogen-bond acceptors (Lipinski definition) is 1. The van der Waals surface area contributed by atoms with Crippen molar-refractivity contribution >= 4 is 34.2 Å². The summed E-state index contributed by atoms with van der Waals surface area (Å²) >= 11 is 2.24. The number of rotatable bonds is 3. The lowest BCUT2D eigenvalue weighted by atomic mass is 10.1. The number of carbonyl (C=O) groups excluding carboxylic acids is 1. The van der Waals surface area contributed by atoms with Crippen molar-refractivity contribution < 1.29 is 4.79 Å². The summed E-state index contributed by atoms with van der Waals surface area (Å²) in [5.41, 5.74) is 4.01. The minimum atomic E-state index is 0.0533. The van der Waals surface area contributed by atoms with E-state index in [-0.39, 0.29) is 5.91 Å². The van der Waals surface area contributed by atoms with Gasteiger partial charge in [0.1, 0.15) is 0 Å². The van der Waals surface area contributed by atoms with Crippen molar-refractivity contribution in [2.24, 2.45) is 0 Å². The fourth-order valence-electron chi connectivity index (χ4n) is 2.18. The number of carbonyl (C=O) groups is 1. The molecule has 20 heavy (non-hydrogen) atoms. The van der Waals surface area contributed by atoms with Crippen LogP contribution in [0.5, 0.6) is 0 Å². The fourth-order valence-corrected chi connectivity index (χ4v) is 2.54. The molecule has 0 atom stereocenters. The summed E-state index contributed by atoms with van der Waals surface area (Å²) in [5, 5.41) is 0. The first-order valence-corrected chi connectivity index (χ1v) is 7.75. The molecule has 104 valence electrons. The number of hydrogen-bond donors (Lipinski definition) is 0. The van der Waals surface area contributed by atoms with Gasteiger partial charge in [-0.15, -0.1) is 0 Å². The predicted octanol–water partition coefficient (Wildman–Crippen LogP) is 4.57. The van der Waals surface area contributed by atoms with Crippen LogP contribution >= 0.6 is 22.6 Å². The highest BCUT2D eigenvalue weighted by molar-refractivity contribution is 14.1. The van der Waals surface area contributed by atoms with Crippen molar-refractivity contribution in [3.05, 3.63) is 62.7 Å². The quantitative estimate of drug-likeness (QED) is 0.716. The van der Waals surface area contributed by atoms with E-state index in [1.165, 1.54) is 5.56 Å². The average molecular weight is 379 g/mol. The van der Waals surface area contributed by atoms with Gasteiger partial charge in [-0.05, 0) is 84.8 Å². The maximum absolute atomic E-state index is 12.7. The highest BCUT2D eigenvalue weighted by Crippen LogP contribution is 2.23. The first-order valence-electron chi connectivity index (χ1n) is 6.67. The number of amides is 1. The van der Waals surface area contributed by atoms with E-state index in [9.17, 15) is 4.79 Å². The van der Waals surface area contributed by atoms with Gasteiger partial charge >= 0.3 is 0 Å². The molecule has 0 heterocycles. The van der Waals surface area contributed by atoms with Gasteiger partial charge in [0.25, 0.3) is 5.91 Å². The average Bonchev–Trinajstić information content (AvgIpc) is 2.44. The van der Waals surface area contributed by atoms with Crippen molar-refractivity contribution in [2.45, 2.75) is 20.8 Å². The molecule has 0 aliphatic rings. The molecule has 2 nitrogen and oxygen atoms in total. The predicted molar refractivity (Wildman–Crippen MR) is 92.4 cm³/mol. The van der Waals surface area contributed by atoms with Gasteiger partial charge in [0.05, 0.1) is 0 Å². The Labute approximate surface area is 133 Å². The van der Waals surface area contributed by atoms with Crippen molar-refractivity contribution in [3.8, 4) is 0 Å². The Morgan fingerprint density at radius 3 is 2.35 bits per heavy atom. The molecular weight excluding hydrogens is 361 g/mol. The van der Waals surface area contributed by atoms with Gasteiger partial charge < -0.3 is 4.90 Å². The van der Waals surface area contributed by atoms with Crippen LogP contribution in [0.1, 0.15) is 28.4 Å². The topological polar surface area (TPSA) is 20.3 Å². The van der Waals surface area contributed by atoms with Crippen molar-refractivity contribution in [1.29, 1.82) is 0 Å². The van der Waals surface area contributed by atoms with Gasteiger partial charge in [-0.3, -0.25) is 4.79 Å². The lowest BCUT2D eigenvalue weighted by Gasteiger charge is -2.23. The summed E-state index contributed by atoms with van der Waals surface area (Å²) in [6, 6.07) is 13.9. The zero-order valence-corrected chi connectivity index (χ0v) is 14.1. The van der Waals surface area contributed by atoms with Gasteiger partial charge in [0, 0.05) is 21.4 Å². The smallest absolute Gasteiger partial charge is 0.258 e. The normalized spacial score (nSPS) is 10.4.